The maximum Gasteiger partial charge on any atom is 0.338 e. The molecule has 2 aromatic heterocycles. The average molecular weight is 575 g/mol. The maximum absolute atomic E-state index is 13.9. The van der Waals surface area contributed by atoms with Gasteiger partial charge in [0.1, 0.15) is 29.1 Å². The minimum absolute atomic E-state index is 0.163. The number of carbonyl (C=O) groups excluding carboxylic acids is 1. The van der Waals surface area contributed by atoms with Crippen LogP contribution in [0.25, 0.3) is 17.4 Å². The zero-order valence-corrected chi connectivity index (χ0v) is 24.0. The highest BCUT2D eigenvalue weighted by atomic mass is 32.1. The molecule has 1 aliphatic rings. The molecule has 41 heavy (non-hydrogen) atoms. The summed E-state index contributed by atoms with van der Waals surface area (Å²) in [6.45, 7) is 5.43. The van der Waals surface area contributed by atoms with Crippen molar-refractivity contribution in [1.29, 1.82) is 0 Å². The molecule has 1 N–H and O–H groups in total. The third kappa shape index (κ3) is 5.17. The third-order valence-corrected chi connectivity index (χ3v) is 7.76. The van der Waals surface area contributed by atoms with E-state index in [0.717, 1.165) is 11.1 Å². The van der Waals surface area contributed by atoms with Crippen LogP contribution in [-0.4, -0.2) is 31.4 Å². The molecule has 212 valence electrons. The van der Waals surface area contributed by atoms with Crippen molar-refractivity contribution in [3.05, 3.63) is 102 Å². The van der Waals surface area contributed by atoms with Gasteiger partial charge in [-0.05, 0) is 62.7 Å². The van der Waals surface area contributed by atoms with Crippen LogP contribution in [0.4, 0.5) is 5.69 Å². The number of carbonyl (C=O) groups is 1. The summed E-state index contributed by atoms with van der Waals surface area (Å²) in [7, 11) is 3.06. The maximum atomic E-state index is 13.9. The summed E-state index contributed by atoms with van der Waals surface area (Å²) < 4.78 is 24.3. The number of thiazole rings is 1. The molecule has 11 heteroatoms. The SMILES string of the molecule is CCOC(=O)C1=C(C)N=c2s/c(=C\c3ccc(-c4ccc(C)c(N[O-])c4)o3)c(=O)n2C1c1cc(OC)ccc1OC. The summed E-state index contributed by atoms with van der Waals surface area (Å²) in [5.41, 5.74) is 4.80. The molecule has 5 rings (SSSR count). The van der Waals surface area contributed by atoms with E-state index in [1.54, 1.807) is 56.3 Å². The number of fused-ring (bicyclic) bond motifs is 1. The van der Waals surface area contributed by atoms with Crippen LogP contribution in [0.3, 0.4) is 0 Å². The molecule has 4 aromatic rings. The molecule has 1 aliphatic heterocycles. The van der Waals surface area contributed by atoms with Crippen LogP contribution >= 0.6 is 11.3 Å². The van der Waals surface area contributed by atoms with Crippen LogP contribution < -0.4 is 29.8 Å². The van der Waals surface area contributed by atoms with Gasteiger partial charge in [0.2, 0.25) is 0 Å². The molecule has 0 radical (unpaired) electrons. The molecule has 0 spiro atoms. The van der Waals surface area contributed by atoms with Gasteiger partial charge < -0.3 is 29.3 Å². The van der Waals surface area contributed by atoms with Crippen molar-refractivity contribution in [2.75, 3.05) is 26.3 Å². The lowest BCUT2D eigenvalue weighted by atomic mass is 9.95. The number of methoxy groups -OCH3 is 2. The van der Waals surface area contributed by atoms with Gasteiger partial charge in [-0.25, -0.2) is 9.79 Å². The van der Waals surface area contributed by atoms with Gasteiger partial charge in [0.05, 0.1) is 36.6 Å². The average Bonchev–Trinajstić information content (AvgIpc) is 3.56. The fraction of sp³-hybridized carbons (Fsp3) is 0.233. The Balaban J connectivity index is 1.66. The molecule has 10 nitrogen and oxygen atoms in total. The Bertz CT molecular complexity index is 1850. The highest BCUT2D eigenvalue weighted by molar-refractivity contribution is 7.07. The first-order valence-electron chi connectivity index (χ1n) is 12.8. The van der Waals surface area contributed by atoms with Crippen molar-refractivity contribution in [3.8, 4) is 22.8 Å². The van der Waals surface area contributed by atoms with Gasteiger partial charge >= 0.3 is 5.97 Å². The minimum Gasteiger partial charge on any atom is -0.761 e. The fourth-order valence-electron chi connectivity index (χ4n) is 4.74. The number of aryl methyl sites for hydroxylation is 1. The number of nitrogens with zero attached hydrogens (tertiary/aromatic N) is 2. The molecular weight excluding hydrogens is 546 g/mol. The number of rotatable bonds is 8. The lowest BCUT2D eigenvalue weighted by Crippen LogP contribution is -2.40. The smallest absolute Gasteiger partial charge is 0.338 e. The highest BCUT2D eigenvalue weighted by Crippen LogP contribution is 2.38. The van der Waals surface area contributed by atoms with E-state index in [9.17, 15) is 14.8 Å². The van der Waals surface area contributed by atoms with Crippen molar-refractivity contribution < 1.29 is 23.4 Å². The molecule has 0 fully saturated rings. The number of esters is 1. The summed E-state index contributed by atoms with van der Waals surface area (Å²) in [6.07, 6.45) is 1.64. The number of furan rings is 1. The zero-order chi connectivity index (χ0) is 29.3. The normalized spacial score (nSPS) is 14.9. The second-order valence-corrected chi connectivity index (χ2v) is 10.3. The second-order valence-electron chi connectivity index (χ2n) is 9.24. The largest absolute Gasteiger partial charge is 0.761 e. The lowest BCUT2D eigenvalue weighted by Gasteiger charge is -2.26. The van der Waals surface area contributed by atoms with Crippen molar-refractivity contribution in [1.82, 2.24) is 4.57 Å². The predicted octanol–water partition coefficient (Wildman–Crippen LogP) is 4.29. The van der Waals surface area contributed by atoms with E-state index in [2.05, 4.69) is 4.99 Å². The standard InChI is InChI=1S/C30H28N3O7S/c1-6-39-29(35)26-17(3)31-30-33(27(26)21-14-19(37-4)9-12-24(21)38-5)28(34)25(41-30)15-20-10-11-23(40-20)18-8-7-16(2)22(13-18)32-36/h7-15,27,32H,6H2,1-5H3/q-1/b25-15-. The van der Waals surface area contributed by atoms with Gasteiger partial charge in [0, 0.05) is 22.9 Å². The highest BCUT2D eigenvalue weighted by Gasteiger charge is 2.35. The van der Waals surface area contributed by atoms with E-state index in [4.69, 9.17) is 18.6 Å². The second kappa shape index (κ2) is 11.5. The first kappa shape index (κ1) is 27.9. The molecule has 2 aromatic carbocycles. The summed E-state index contributed by atoms with van der Waals surface area (Å²) >= 11 is 1.18. The molecule has 1 atom stereocenters. The van der Waals surface area contributed by atoms with Crippen LogP contribution in [0.5, 0.6) is 11.5 Å². The number of hydrogen-bond donors (Lipinski definition) is 1. The number of ether oxygens (including phenoxy) is 3. The summed E-state index contributed by atoms with van der Waals surface area (Å²) in [5.74, 6) is 1.43. The number of anilines is 1. The lowest BCUT2D eigenvalue weighted by molar-refractivity contribution is -0.139. The topological polar surface area (TPSA) is 127 Å². The molecule has 0 saturated heterocycles. The van der Waals surface area contributed by atoms with Crippen molar-refractivity contribution in [2.45, 2.75) is 26.8 Å². The minimum atomic E-state index is -0.866. The van der Waals surface area contributed by atoms with Crippen LogP contribution in [0.15, 0.2) is 74.0 Å². The Hall–Kier alpha value is -4.61. The van der Waals surface area contributed by atoms with E-state index >= 15 is 0 Å². The van der Waals surface area contributed by atoms with E-state index in [1.807, 2.05) is 24.5 Å². The Morgan fingerprint density at radius 3 is 2.66 bits per heavy atom. The Morgan fingerprint density at radius 2 is 1.95 bits per heavy atom. The Kier molecular flexibility index (Phi) is 7.82. The predicted molar refractivity (Wildman–Crippen MR) is 156 cm³/mol. The van der Waals surface area contributed by atoms with Crippen LogP contribution in [0, 0.1) is 12.1 Å². The number of benzene rings is 2. The third-order valence-electron chi connectivity index (χ3n) is 6.78. The van der Waals surface area contributed by atoms with Gasteiger partial charge in [-0.15, -0.1) is 0 Å². The van der Waals surface area contributed by atoms with Crippen LogP contribution in [-0.2, 0) is 9.53 Å². The summed E-state index contributed by atoms with van der Waals surface area (Å²) in [6, 6.07) is 13.3. The molecule has 0 bridgehead atoms. The first-order chi connectivity index (χ1) is 19.8. The van der Waals surface area contributed by atoms with Crippen molar-refractivity contribution in [3.63, 3.8) is 0 Å². The van der Waals surface area contributed by atoms with Crippen molar-refractivity contribution in [2.24, 2.45) is 4.99 Å². The van der Waals surface area contributed by atoms with Crippen LogP contribution in [0.2, 0.25) is 0 Å². The number of hydrogen-bond acceptors (Lipinski definition) is 10. The van der Waals surface area contributed by atoms with Gasteiger partial charge in [-0.3, -0.25) is 9.36 Å². The molecule has 0 amide bonds. The van der Waals surface area contributed by atoms with Crippen LogP contribution in [0.1, 0.15) is 36.8 Å². The van der Waals surface area contributed by atoms with E-state index in [0.29, 0.717) is 49.3 Å². The zero-order valence-electron chi connectivity index (χ0n) is 23.1. The monoisotopic (exact) mass is 574 g/mol. The number of nitrogens with one attached hydrogen (secondary N) is 1. The molecule has 3 heterocycles. The quantitative estimate of drug-likeness (QED) is 0.244. The molecule has 0 saturated carbocycles. The van der Waals surface area contributed by atoms with E-state index in [1.165, 1.54) is 30.1 Å². The van der Waals surface area contributed by atoms with Gasteiger partial charge in [0.25, 0.3) is 5.56 Å². The van der Waals surface area contributed by atoms with E-state index in [-0.39, 0.29) is 17.7 Å². The number of allylic oxidation sites excluding steroid dienone is 1. The van der Waals surface area contributed by atoms with E-state index < -0.39 is 12.0 Å². The molecule has 0 aliphatic carbocycles. The summed E-state index contributed by atoms with van der Waals surface area (Å²) in [4.78, 5) is 32.2. The number of aromatic nitrogens is 1. The first-order valence-corrected chi connectivity index (χ1v) is 13.6. The van der Waals surface area contributed by atoms with Gasteiger partial charge in [-0.1, -0.05) is 23.5 Å². The summed E-state index contributed by atoms with van der Waals surface area (Å²) in [5, 5.41) is 11.3. The molecule has 1 unspecified atom stereocenters. The molecular formula is C30H28N3O7S-. The van der Waals surface area contributed by atoms with Crippen molar-refractivity contribution >= 4 is 29.1 Å². The Labute approximate surface area is 239 Å². The van der Waals surface area contributed by atoms with Gasteiger partial charge in [-0.2, -0.15) is 0 Å². The fourth-order valence-corrected chi connectivity index (χ4v) is 5.77. The van der Waals surface area contributed by atoms with Gasteiger partial charge in [0.15, 0.2) is 4.80 Å². The Morgan fingerprint density at radius 1 is 1.15 bits per heavy atom.